The first-order valence-corrected chi connectivity index (χ1v) is 9.74. The molecule has 0 aliphatic carbocycles. The molecule has 144 valence electrons. The van der Waals surface area contributed by atoms with Crippen LogP contribution >= 0.6 is 24.0 Å². The second-order valence-corrected chi connectivity index (χ2v) is 7.10. The van der Waals surface area contributed by atoms with Crippen LogP contribution in [0.1, 0.15) is 27.3 Å². The molecule has 0 atom stereocenters. The van der Waals surface area contributed by atoms with E-state index < -0.39 is 0 Å². The van der Waals surface area contributed by atoms with Crippen LogP contribution < -0.4 is 16.2 Å². The number of aromatic nitrogens is 2. The molecule has 0 unspecified atom stereocenters. The highest BCUT2D eigenvalue weighted by Gasteiger charge is 2.07. The number of benzene rings is 1. The number of hydrazine groups is 1. The molecule has 1 aromatic heterocycles. The Labute approximate surface area is 168 Å². The summed E-state index contributed by atoms with van der Waals surface area (Å²) in [5.74, 6) is 0.471. The van der Waals surface area contributed by atoms with Crippen LogP contribution in [0, 0.1) is 13.8 Å². The van der Waals surface area contributed by atoms with Gasteiger partial charge in [0.1, 0.15) is 0 Å². The number of rotatable bonds is 7. The van der Waals surface area contributed by atoms with Gasteiger partial charge in [-0.1, -0.05) is 23.9 Å². The lowest BCUT2D eigenvalue weighted by atomic mass is 10.1. The standard InChI is InChI=1S/C18H23N5O2S2/c1-12-10-13(2)21-18(20-12)27-11-14-4-6-15(7-5-14)16(24)22-23-17(26)19-8-9-25-3/h4-7,10H,8-9,11H2,1-3H3,(H,22,24)(H2,19,23,26). The predicted octanol–water partition coefficient (Wildman–Crippen LogP) is 2.14. The lowest BCUT2D eigenvalue weighted by Crippen LogP contribution is -2.47. The highest BCUT2D eigenvalue weighted by Crippen LogP contribution is 2.20. The number of thioether (sulfide) groups is 1. The minimum atomic E-state index is -0.261. The Kier molecular flexibility index (Phi) is 8.43. The van der Waals surface area contributed by atoms with E-state index >= 15 is 0 Å². The van der Waals surface area contributed by atoms with E-state index in [1.54, 1.807) is 31.0 Å². The average molecular weight is 406 g/mol. The number of amides is 1. The number of aryl methyl sites for hydroxylation is 2. The molecular weight excluding hydrogens is 382 g/mol. The van der Waals surface area contributed by atoms with Crippen molar-refractivity contribution < 1.29 is 9.53 Å². The molecule has 0 aliphatic heterocycles. The lowest BCUT2D eigenvalue weighted by Gasteiger charge is -2.11. The van der Waals surface area contributed by atoms with Crippen LogP contribution in [0.5, 0.6) is 0 Å². The van der Waals surface area contributed by atoms with Gasteiger partial charge in [0.2, 0.25) is 0 Å². The zero-order chi connectivity index (χ0) is 19.6. The Morgan fingerprint density at radius 1 is 1.15 bits per heavy atom. The molecule has 9 heteroatoms. The maximum atomic E-state index is 12.1. The van der Waals surface area contributed by atoms with E-state index in [1.807, 2.05) is 32.0 Å². The van der Waals surface area contributed by atoms with Gasteiger partial charge >= 0.3 is 0 Å². The summed E-state index contributed by atoms with van der Waals surface area (Å²) < 4.78 is 4.91. The molecule has 0 radical (unpaired) electrons. The smallest absolute Gasteiger partial charge is 0.269 e. The number of nitrogens with one attached hydrogen (secondary N) is 3. The van der Waals surface area contributed by atoms with Gasteiger partial charge in [0.05, 0.1) is 6.61 Å². The quantitative estimate of drug-likeness (QED) is 0.212. The first kappa shape index (κ1) is 21.1. The fourth-order valence-corrected chi connectivity index (χ4v) is 3.21. The van der Waals surface area contributed by atoms with Crippen LogP contribution in [-0.2, 0) is 10.5 Å². The molecule has 2 aromatic rings. The van der Waals surface area contributed by atoms with E-state index in [0.717, 1.165) is 27.9 Å². The maximum absolute atomic E-state index is 12.1. The number of ether oxygens (including phenoxy) is 1. The minimum Gasteiger partial charge on any atom is -0.383 e. The van der Waals surface area contributed by atoms with Crippen molar-refractivity contribution in [2.24, 2.45) is 0 Å². The second-order valence-electron chi connectivity index (χ2n) is 5.75. The summed E-state index contributed by atoms with van der Waals surface area (Å²) in [6.45, 7) is 5.01. The van der Waals surface area contributed by atoms with E-state index in [2.05, 4.69) is 26.1 Å². The molecule has 3 N–H and O–H groups in total. The second kappa shape index (κ2) is 10.8. The van der Waals surface area contributed by atoms with Crippen LogP contribution in [0.4, 0.5) is 0 Å². The third-order valence-electron chi connectivity index (χ3n) is 3.43. The molecule has 1 amide bonds. The predicted molar refractivity (Wildman–Crippen MR) is 111 cm³/mol. The van der Waals surface area contributed by atoms with Gasteiger partial charge in [0, 0.05) is 36.4 Å². The van der Waals surface area contributed by atoms with E-state index in [9.17, 15) is 4.79 Å². The van der Waals surface area contributed by atoms with Crippen molar-refractivity contribution in [2.75, 3.05) is 20.3 Å². The van der Waals surface area contributed by atoms with E-state index in [4.69, 9.17) is 17.0 Å². The number of carbonyl (C=O) groups excluding carboxylic acids is 1. The SMILES string of the molecule is COCCNC(=S)NNC(=O)c1ccc(CSc2nc(C)cc(C)n2)cc1. The number of hydrogen-bond acceptors (Lipinski definition) is 6. The van der Waals surface area contributed by atoms with Crippen LogP contribution in [0.3, 0.4) is 0 Å². The summed E-state index contributed by atoms with van der Waals surface area (Å²) in [4.78, 5) is 21.0. The summed E-state index contributed by atoms with van der Waals surface area (Å²) in [5, 5.41) is 4.00. The minimum absolute atomic E-state index is 0.261. The van der Waals surface area contributed by atoms with Gasteiger partial charge in [-0.05, 0) is 49.8 Å². The van der Waals surface area contributed by atoms with Gasteiger partial charge in [-0.2, -0.15) is 0 Å². The van der Waals surface area contributed by atoms with Crippen LogP contribution in [0.25, 0.3) is 0 Å². The van der Waals surface area contributed by atoms with Crippen molar-refractivity contribution in [3.05, 3.63) is 52.8 Å². The summed E-state index contributed by atoms with van der Waals surface area (Å²) in [6.07, 6.45) is 0. The third kappa shape index (κ3) is 7.49. The Bertz CT molecular complexity index is 764. The number of carbonyl (C=O) groups is 1. The third-order valence-corrected chi connectivity index (χ3v) is 4.59. The zero-order valence-corrected chi connectivity index (χ0v) is 17.2. The first-order valence-electron chi connectivity index (χ1n) is 8.35. The van der Waals surface area contributed by atoms with Crippen molar-refractivity contribution in [3.8, 4) is 0 Å². The van der Waals surface area contributed by atoms with Gasteiger partial charge in [-0.3, -0.25) is 15.6 Å². The number of methoxy groups -OCH3 is 1. The normalized spacial score (nSPS) is 10.3. The molecule has 0 saturated heterocycles. The monoisotopic (exact) mass is 405 g/mol. The van der Waals surface area contributed by atoms with Crippen molar-refractivity contribution in [1.82, 2.24) is 26.1 Å². The van der Waals surface area contributed by atoms with E-state index in [0.29, 0.717) is 23.8 Å². The number of nitrogens with zero attached hydrogens (tertiary/aromatic N) is 2. The molecule has 2 rings (SSSR count). The summed E-state index contributed by atoms with van der Waals surface area (Å²) in [5.41, 5.74) is 8.76. The Morgan fingerprint density at radius 2 is 1.81 bits per heavy atom. The molecule has 0 fully saturated rings. The van der Waals surface area contributed by atoms with Gasteiger partial charge in [-0.15, -0.1) is 0 Å². The van der Waals surface area contributed by atoms with E-state index in [1.165, 1.54) is 0 Å². The largest absolute Gasteiger partial charge is 0.383 e. The summed E-state index contributed by atoms with van der Waals surface area (Å²) in [6, 6.07) is 9.33. The molecule has 1 aromatic carbocycles. The van der Waals surface area contributed by atoms with Gasteiger partial charge in [-0.25, -0.2) is 9.97 Å². The molecule has 0 bridgehead atoms. The summed E-state index contributed by atoms with van der Waals surface area (Å²) >= 11 is 6.62. The molecule has 0 spiro atoms. The van der Waals surface area contributed by atoms with Crippen molar-refractivity contribution in [2.45, 2.75) is 24.8 Å². The number of hydrogen-bond donors (Lipinski definition) is 3. The molecule has 27 heavy (non-hydrogen) atoms. The first-order chi connectivity index (χ1) is 13.0. The van der Waals surface area contributed by atoms with Crippen LogP contribution in [0.2, 0.25) is 0 Å². The fraction of sp³-hybridized carbons (Fsp3) is 0.333. The highest BCUT2D eigenvalue weighted by atomic mass is 32.2. The average Bonchev–Trinajstić information content (AvgIpc) is 2.64. The topological polar surface area (TPSA) is 88.2 Å². The molecule has 0 aliphatic rings. The van der Waals surface area contributed by atoms with Crippen molar-refractivity contribution in [3.63, 3.8) is 0 Å². The molecule has 0 saturated carbocycles. The van der Waals surface area contributed by atoms with Gasteiger partial charge in [0.15, 0.2) is 10.3 Å². The van der Waals surface area contributed by atoms with E-state index in [-0.39, 0.29) is 5.91 Å². The Hall–Kier alpha value is -2.23. The Morgan fingerprint density at radius 3 is 2.44 bits per heavy atom. The highest BCUT2D eigenvalue weighted by molar-refractivity contribution is 7.98. The van der Waals surface area contributed by atoms with Gasteiger partial charge in [0.25, 0.3) is 5.91 Å². The van der Waals surface area contributed by atoms with Crippen LogP contribution in [0.15, 0.2) is 35.5 Å². The fourth-order valence-electron chi connectivity index (χ4n) is 2.15. The van der Waals surface area contributed by atoms with Gasteiger partial charge < -0.3 is 10.1 Å². The summed E-state index contributed by atoms with van der Waals surface area (Å²) in [7, 11) is 1.61. The molecular formula is C18H23N5O2S2. The molecule has 1 heterocycles. The number of thiocarbonyl (C=S) groups is 1. The zero-order valence-electron chi connectivity index (χ0n) is 15.5. The molecule has 7 nitrogen and oxygen atoms in total. The van der Waals surface area contributed by atoms with Crippen LogP contribution in [-0.4, -0.2) is 41.2 Å². The lowest BCUT2D eigenvalue weighted by molar-refractivity contribution is 0.0943. The van der Waals surface area contributed by atoms with Crippen molar-refractivity contribution in [1.29, 1.82) is 0 Å². The maximum Gasteiger partial charge on any atom is 0.269 e. The van der Waals surface area contributed by atoms with Crippen molar-refractivity contribution >= 4 is 35.0 Å². The Balaban J connectivity index is 1.81.